The van der Waals surface area contributed by atoms with Crippen molar-refractivity contribution in [3.05, 3.63) is 12.7 Å². The summed E-state index contributed by atoms with van der Waals surface area (Å²) in [6, 6.07) is 0. The first kappa shape index (κ1) is 48.6. The molecule has 1 fully saturated rings. The number of hydrogen-bond donors (Lipinski definition) is 9. The molecule has 0 radical (unpaired) electrons. The Morgan fingerprint density at radius 2 is 1.70 bits per heavy atom. The number of hydrogen-bond acceptors (Lipinski definition) is 19. The highest BCUT2D eigenvalue weighted by Gasteiger charge is 2.50. The molecule has 0 aliphatic carbocycles. The molecule has 29 heteroatoms. The van der Waals surface area contributed by atoms with Gasteiger partial charge in [-0.15, -0.1) is 0 Å². The van der Waals surface area contributed by atoms with E-state index in [1.807, 2.05) is 13.8 Å². The van der Waals surface area contributed by atoms with Crippen LogP contribution in [0.3, 0.4) is 0 Å². The number of nitrogen functional groups attached to an aromatic ring is 1. The first-order valence-corrected chi connectivity index (χ1v) is 22.4. The number of amides is 2. The van der Waals surface area contributed by atoms with Crippen LogP contribution >= 0.6 is 35.2 Å². The van der Waals surface area contributed by atoms with Gasteiger partial charge in [0.15, 0.2) is 22.8 Å². The molecule has 3 heterocycles. The summed E-state index contributed by atoms with van der Waals surface area (Å²) < 4.78 is 62.0. The molecule has 2 aromatic heterocycles. The van der Waals surface area contributed by atoms with Gasteiger partial charge in [0.05, 0.1) is 26.0 Å². The number of fused-ring (bicyclic) bond motifs is 1. The second-order valence-electron chi connectivity index (χ2n) is 13.6. The highest BCUT2D eigenvalue weighted by atomic mass is 32.2. The van der Waals surface area contributed by atoms with Crippen molar-refractivity contribution in [2.24, 2.45) is 11.3 Å². The van der Waals surface area contributed by atoms with Gasteiger partial charge in [-0.2, -0.15) is 4.31 Å². The first-order valence-electron chi connectivity index (χ1n) is 16.9. The van der Waals surface area contributed by atoms with Crippen molar-refractivity contribution in [2.45, 2.75) is 77.6 Å². The normalized spacial score (nSPS) is 21.5. The number of nitrogens with two attached hydrogens (primary N) is 1. The number of anilines is 1. The number of aliphatic hydroxyl groups is 2. The fraction of sp³-hybridized carbons (Fsp3) is 0.679. The van der Waals surface area contributed by atoms with E-state index in [0.717, 1.165) is 29.0 Å². The van der Waals surface area contributed by atoms with E-state index in [2.05, 4.69) is 34.4 Å². The summed E-state index contributed by atoms with van der Waals surface area (Å²) in [6.07, 6.45) is -6.92. The van der Waals surface area contributed by atoms with E-state index >= 15 is 0 Å². The third-order valence-electron chi connectivity index (χ3n) is 7.74. The molecule has 1 saturated heterocycles. The second kappa shape index (κ2) is 20.5. The molecule has 1 aliphatic rings. The summed E-state index contributed by atoms with van der Waals surface area (Å²) in [6.45, 7) is 4.04. The van der Waals surface area contributed by atoms with Crippen LogP contribution in [0.4, 0.5) is 5.82 Å². The summed E-state index contributed by atoms with van der Waals surface area (Å²) in [5, 5.41) is 26.0. The molecule has 322 valence electrons. The van der Waals surface area contributed by atoms with Crippen molar-refractivity contribution in [1.29, 1.82) is 0 Å². The van der Waals surface area contributed by atoms with Gasteiger partial charge < -0.3 is 50.9 Å². The van der Waals surface area contributed by atoms with Gasteiger partial charge in [0, 0.05) is 37.1 Å². The molecule has 25 nitrogen and oxygen atoms in total. The Bertz CT molecular complexity index is 1900. The third kappa shape index (κ3) is 15.4. The minimum Gasteiger partial charge on any atom is -0.386 e. The van der Waals surface area contributed by atoms with Crippen LogP contribution in [0.2, 0.25) is 0 Å². The Kier molecular flexibility index (Phi) is 17.5. The van der Waals surface area contributed by atoms with Gasteiger partial charge >= 0.3 is 23.5 Å². The number of rotatable bonds is 23. The number of aromatic nitrogens is 4. The van der Waals surface area contributed by atoms with Crippen LogP contribution in [0, 0.1) is 11.3 Å². The van der Waals surface area contributed by atoms with Gasteiger partial charge in [0.25, 0.3) is 0 Å². The van der Waals surface area contributed by atoms with Crippen LogP contribution in [0.15, 0.2) is 12.7 Å². The lowest BCUT2D eigenvalue weighted by Crippen LogP contribution is -2.46. The Hall–Kier alpha value is -2.77. The molecule has 7 atom stereocenters. The maximum atomic E-state index is 12.7. The van der Waals surface area contributed by atoms with Crippen molar-refractivity contribution in [2.75, 3.05) is 37.8 Å². The summed E-state index contributed by atoms with van der Waals surface area (Å²) in [7, 11) is -16.4. The minimum absolute atomic E-state index is 0.0243. The number of carbonyl (C=O) groups excluding carboxylic acids is 4. The van der Waals surface area contributed by atoms with Crippen LogP contribution < -0.4 is 16.4 Å². The third-order valence-corrected chi connectivity index (χ3v) is 11.7. The average molecular weight is 894 g/mol. The Morgan fingerprint density at radius 3 is 2.35 bits per heavy atom. The second-order valence-corrected chi connectivity index (χ2v) is 19.0. The number of nitrogens with one attached hydrogen (secondary N) is 2. The number of aliphatic hydroxyl groups excluding tert-OH is 2. The number of nitrogens with zero attached hydrogens (tertiary/aromatic N) is 4. The monoisotopic (exact) mass is 893 g/mol. The number of Topliss-reactive ketones (excluding diaryl/α,β-unsaturated/α-hetero) is 1. The number of phosphoric acid groups is 3. The Morgan fingerprint density at radius 1 is 1.04 bits per heavy atom. The summed E-state index contributed by atoms with van der Waals surface area (Å²) >= 11 is 0.905. The molecule has 1 aliphatic heterocycles. The standard InChI is InChI=1S/C28H46N7O18P3S/c1-15(2)9-16(36)10-19(38)57-8-7-30-18(37)5-6-31-26(41)23(40)28(3,4)12-50-56(47,48)53-55(45,46)49-11-17-22(52-54(42,43)44)21(39)27(51-17)35-14-34-20-24(29)32-13-33-25(20)35/h13-15,17,21-23,27,39-40H,5-12H2,1-4H3,(H,30,37)(H,31,41)(H,45,46)(H,47,48)(H2,29,32,33)(H2,42,43,44)/t17-,21-,22-,23+,27-/m1/s1. The largest absolute Gasteiger partial charge is 0.481 e. The van der Waals surface area contributed by atoms with E-state index in [1.165, 1.54) is 13.8 Å². The molecule has 57 heavy (non-hydrogen) atoms. The van der Waals surface area contributed by atoms with E-state index < -0.39 is 84.6 Å². The van der Waals surface area contributed by atoms with Gasteiger partial charge in [-0.05, 0) is 5.92 Å². The average Bonchev–Trinajstić information content (AvgIpc) is 3.64. The lowest BCUT2D eigenvalue weighted by Gasteiger charge is -2.30. The fourth-order valence-corrected chi connectivity index (χ4v) is 8.56. The zero-order valence-corrected chi connectivity index (χ0v) is 34.5. The summed E-state index contributed by atoms with van der Waals surface area (Å²) in [5.41, 5.74) is 4.23. The molecule has 0 bridgehead atoms. The first-order chi connectivity index (χ1) is 26.3. The molecule has 2 unspecified atom stereocenters. The minimum atomic E-state index is -5.58. The van der Waals surface area contributed by atoms with Crippen LogP contribution in [-0.2, 0) is 55.5 Å². The van der Waals surface area contributed by atoms with Crippen LogP contribution in [0.1, 0.15) is 53.2 Å². The van der Waals surface area contributed by atoms with Gasteiger partial charge in [0.2, 0.25) is 11.8 Å². The van der Waals surface area contributed by atoms with Gasteiger partial charge in [-0.25, -0.2) is 28.6 Å². The van der Waals surface area contributed by atoms with E-state index in [4.69, 9.17) is 19.5 Å². The number of thioether (sulfide) groups is 1. The molecule has 0 aromatic carbocycles. The molecule has 10 N–H and O–H groups in total. The summed E-state index contributed by atoms with van der Waals surface area (Å²) in [4.78, 5) is 99.2. The quantitative estimate of drug-likeness (QED) is 0.0392. The molecule has 0 spiro atoms. The van der Waals surface area contributed by atoms with E-state index in [9.17, 15) is 62.7 Å². The number of ether oxygens (including phenoxy) is 1. The Labute approximate surface area is 329 Å². The fourth-order valence-electron chi connectivity index (χ4n) is 5.03. The number of phosphoric ester groups is 3. The van der Waals surface area contributed by atoms with Crippen molar-refractivity contribution < 1.29 is 85.3 Å². The van der Waals surface area contributed by atoms with Crippen molar-refractivity contribution in [1.82, 2.24) is 30.2 Å². The molecule has 2 aromatic rings. The predicted molar refractivity (Wildman–Crippen MR) is 196 cm³/mol. The molecule has 2 amide bonds. The predicted octanol–water partition coefficient (Wildman–Crippen LogP) is -0.330. The highest BCUT2D eigenvalue weighted by Crippen LogP contribution is 2.61. The van der Waals surface area contributed by atoms with Crippen molar-refractivity contribution >= 4 is 74.9 Å². The van der Waals surface area contributed by atoms with Gasteiger partial charge in [-0.3, -0.25) is 37.3 Å². The SMILES string of the molecule is CC(C)CC(=O)CC(=O)SCCNC(=O)CCNC(=O)[C@H](O)C(C)(C)COP(=O)(O)OP(=O)(O)OC[C@H]1O[C@@H](n2cnc3c(N)ncnc32)[C@H](O)[C@@H]1OP(=O)(O)O. The number of carbonyl (C=O) groups is 4. The van der Waals surface area contributed by atoms with Gasteiger partial charge in [0.1, 0.15) is 42.0 Å². The van der Waals surface area contributed by atoms with Crippen LogP contribution in [0.5, 0.6) is 0 Å². The zero-order valence-electron chi connectivity index (χ0n) is 31.0. The molecule has 3 rings (SSSR count). The van der Waals surface area contributed by atoms with Crippen LogP contribution in [0.25, 0.3) is 11.2 Å². The van der Waals surface area contributed by atoms with Crippen LogP contribution in [-0.4, -0.2) is 128 Å². The smallest absolute Gasteiger partial charge is 0.386 e. The molecular formula is C28H46N7O18P3S. The van der Waals surface area contributed by atoms with E-state index in [-0.39, 0.29) is 65.5 Å². The number of imidazole rings is 1. The Balaban J connectivity index is 1.47. The van der Waals surface area contributed by atoms with E-state index in [1.54, 1.807) is 0 Å². The topological polar surface area (TPSA) is 381 Å². The maximum absolute atomic E-state index is 12.7. The molecular weight excluding hydrogens is 847 g/mol. The van der Waals surface area contributed by atoms with Crippen molar-refractivity contribution in [3.63, 3.8) is 0 Å². The maximum Gasteiger partial charge on any atom is 0.481 e. The van der Waals surface area contributed by atoms with Gasteiger partial charge in [-0.1, -0.05) is 39.5 Å². The highest BCUT2D eigenvalue weighted by molar-refractivity contribution is 8.13. The van der Waals surface area contributed by atoms with Crippen molar-refractivity contribution in [3.8, 4) is 0 Å². The lowest BCUT2D eigenvalue weighted by molar-refractivity contribution is -0.137. The number of ketones is 1. The summed E-state index contributed by atoms with van der Waals surface area (Å²) in [5.74, 6) is -1.34. The zero-order chi connectivity index (χ0) is 42.9. The molecule has 0 saturated carbocycles. The van der Waals surface area contributed by atoms with E-state index in [0.29, 0.717) is 6.42 Å². The lowest BCUT2D eigenvalue weighted by atomic mass is 9.87.